The molecule has 1 rings (SSSR count). The van der Waals surface area contributed by atoms with Gasteiger partial charge >= 0.3 is 0 Å². The quantitative estimate of drug-likeness (QED) is 0.493. The van der Waals surface area contributed by atoms with Crippen molar-refractivity contribution in [2.75, 3.05) is 44.7 Å². The van der Waals surface area contributed by atoms with Gasteiger partial charge < -0.3 is 15.0 Å². The first-order valence-corrected chi connectivity index (χ1v) is 9.11. The predicted octanol–water partition coefficient (Wildman–Crippen LogP) is 3.50. The van der Waals surface area contributed by atoms with Crippen LogP contribution in [0.1, 0.15) is 53.0 Å². The van der Waals surface area contributed by atoms with Crippen molar-refractivity contribution in [3.63, 3.8) is 0 Å². The molecule has 1 N–H and O–H groups in total. The van der Waals surface area contributed by atoms with Crippen LogP contribution < -0.4 is 10.7 Å². The minimum Gasteiger partial charge on any atom is -0.379 e. The Labute approximate surface area is 145 Å². The first-order valence-electron chi connectivity index (χ1n) is 8.70. The third-order valence-corrected chi connectivity index (χ3v) is 4.23. The molecule has 0 aliphatic carbocycles. The fraction of sp³-hybridized carbons (Fsp3) is 0.778. The van der Waals surface area contributed by atoms with Gasteiger partial charge in [0.1, 0.15) is 0 Å². The van der Waals surface area contributed by atoms with Crippen LogP contribution in [-0.4, -0.2) is 44.3 Å². The molecular formula is C18H32N2O2S. The van der Waals surface area contributed by atoms with Crippen LogP contribution >= 0.6 is 12.2 Å². The highest BCUT2D eigenvalue weighted by atomic mass is 32.1. The molecule has 0 heterocycles. The maximum Gasteiger partial charge on any atom is 0.220 e. The molecule has 0 amide bonds. The van der Waals surface area contributed by atoms with Gasteiger partial charge in [-0.3, -0.25) is 4.79 Å². The molecule has 0 radical (unpaired) electrons. The number of anilines is 1. The lowest BCUT2D eigenvalue weighted by Gasteiger charge is -2.25. The van der Waals surface area contributed by atoms with E-state index in [-0.39, 0.29) is 10.8 Å². The Hall–Kier alpha value is -0.780. The zero-order valence-electron chi connectivity index (χ0n) is 15.3. The first kappa shape index (κ1) is 20.3. The monoisotopic (exact) mass is 340 g/mol. The maximum atomic E-state index is 11.9. The van der Waals surface area contributed by atoms with Crippen molar-refractivity contribution in [3.8, 4) is 0 Å². The molecule has 0 spiro atoms. The lowest BCUT2D eigenvalue weighted by molar-refractivity contribution is 0.111. The average molecular weight is 341 g/mol. The summed E-state index contributed by atoms with van der Waals surface area (Å²) in [5.74, 6) is 0. The van der Waals surface area contributed by atoms with Crippen LogP contribution in [0, 0.1) is 4.51 Å². The van der Waals surface area contributed by atoms with Gasteiger partial charge in [0.05, 0.1) is 23.4 Å². The summed E-state index contributed by atoms with van der Waals surface area (Å²) in [5.41, 5.74) is 1.55. The van der Waals surface area contributed by atoms with Gasteiger partial charge in [-0.1, -0.05) is 46.8 Å². The summed E-state index contributed by atoms with van der Waals surface area (Å²) >= 11 is 5.17. The Balaban J connectivity index is 2.30. The van der Waals surface area contributed by atoms with Gasteiger partial charge in [0.25, 0.3) is 0 Å². The van der Waals surface area contributed by atoms with E-state index in [1.807, 2.05) is 0 Å². The number of ether oxygens (including phenoxy) is 1. The van der Waals surface area contributed by atoms with E-state index in [1.165, 1.54) is 12.8 Å². The van der Waals surface area contributed by atoms with Crippen molar-refractivity contribution in [2.45, 2.75) is 52.9 Å². The SMILES string of the molecule is CCCN(CCC)CCOCCNc1c(C(C)(C)C)c(=S)c1=O. The van der Waals surface area contributed by atoms with Gasteiger partial charge in [0, 0.05) is 18.7 Å². The van der Waals surface area contributed by atoms with Crippen LogP contribution in [-0.2, 0) is 10.2 Å². The fourth-order valence-electron chi connectivity index (χ4n) is 2.79. The molecule has 1 aromatic rings. The molecule has 0 atom stereocenters. The van der Waals surface area contributed by atoms with Crippen molar-refractivity contribution in [2.24, 2.45) is 0 Å². The highest BCUT2D eigenvalue weighted by Crippen LogP contribution is 2.30. The highest BCUT2D eigenvalue weighted by Gasteiger charge is 2.27. The molecule has 1 aromatic carbocycles. The summed E-state index contributed by atoms with van der Waals surface area (Å²) < 4.78 is 6.17. The van der Waals surface area contributed by atoms with E-state index < -0.39 is 0 Å². The number of nitrogens with one attached hydrogen (secondary N) is 1. The third kappa shape index (κ3) is 5.98. The summed E-state index contributed by atoms with van der Waals surface area (Å²) in [6.07, 6.45) is 2.35. The van der Waals surface area contributed by atoms with E-state index in [0.29, 0.717) is 23.3 Å². The Morgan fingerprint density at radius 3 is 2.22 bits per heavy atom. The average Bonchev–Trinajstić information content (AvgIpc) is 2.47. The fourth-order valence-corrected chi connectivity index (χ4v) is 3.30. The minimum absolute atomic E-state index is 0.0259. The van der Waals surface area contributed by atoms with Crippen molar-refractivity contribution < 1.29 is 4.74 Å². The molecule has 0 aliphatic rings. The predicted molar refractivity (Wildman–Crippen MR) is 101 cm³/mol. The molecule has 132 valence electrons. The molecule has 0 unspecified atom stereocenters. The zero-order chi connectivity index (χ0) is 17.5. The van der Waals surface area contributed by atoms with E-state index in [1.54, 1.807) is 0 Å². The van der Waals surface area contributed by atoms with Crippen LogP contribution in [0.5, 0.6) is 0 Å². The summed E-state index contributed by atoms with van der Waals surface area (Å²) in [7, 11) is 0. The highest BCUT2D eigenvalue weighted by molar-refractivity contribution is 7.71. The molecular weight excluding hydrogens is 308 g/mol. The molecule has 0 aromatic heterocycles. The van der Waals surface area contributed by atoms with Crippen molar-refractivity contribution >= 4 is 17.9 Å². The van der Waals surface area contributed by atoms with E-state index >= 15 is 0 Å². The number of nitrogens with zero attached hydrogens (tertiary/aromatic N) is 1. The van der Waals surface area contributed by atoms with Gasteiger partial charge in [0.2, 0.25) is 5.43 Å². The number of hydrogen-bond donors (Lipinski definition) is 1. The smallest absolute Gasteiger partial charge is 0.220 e. The van der Waals surface area contributed by atoms with Gasteiger partial charge in [0.15, 0.2) is 0 Å². The van der Waals surface area contributed by atoms with Gasteiger partial charge in [-0.15, -0.1) is 0 Å². The second-order valence-corrected chi connectivity index (χ2v) is 7.45. The van der Waals surface area contributed by atoms with Crippen LogP contribution in [0.4, 0.5) is 5.69 Å². The maximum absolute atomic E-state index is 11.9. The normalized spacial score (nSPS) is 12.3. The number of hydrogen-bond acceptors (Lipinski definition) is 5. The Morgan fingerprint density at radius 2 is 1.70 bits per heavy atom. The molecule has 23 heavy (non-hydrogen) atoms. The Bertz CT molecular complexity index is 536. The first-order chi connectivity index (χ1) is 10.8. The Kier molecular flexibility index (Phi) is 8.37. The largest absolute Gasteiger partial charge is 0.379 e. The molecule has 0 saturated carbocycles. The summed E-state index contributed by atoms with van der Waals surface area (Å²) in [5, 5.41) is 3.20. The van der Waals surface area contributed by atoms with Crippen molar-refractivity contribution in [1.29, 1.82) is 0 Å². The van der Waals surface area contributed by atoms with Gasteiger partial charge in [-0.25, -0.2) is 0 Å². The molecule has 0 aliphatic heterocycles. The zero-order valence-corrected chi connectivity index (χ0v) is 16.1. The van der Waals surface area contributed by atoms with Crippen LogP contribution in [0.2, 0.25) is 0 Å². The van der Waals surface area contributed by atoms with E-state index in [2.05, 4.69) is 44.8 Å². The van der Waals surface area contributed by atoms with E-state index in [0.717, 1.165) is 31.8 Å². The van der Waals surface area contributed by atoms with E-state index in [9.17, 15) is 4.79 Å². The topological polar surface area (TPSA) is 41.6 Å². The second kappa shape index (κ2) is 9.50. The third-order valence-electron chi connectivity index (χ3n) is 3.84. The molecule has 0 bridgehead atoms. The second-order valence-electron chi connectivity index (χ2n) is 7.04. The van der Waals surface area contributed by atoms with E-state index in [4.69, 9.17) is 17.0 Å². The van der Waals surface area contributed by atoms with Crippen LogP contribution in [0.25, 0.3) is 0 Å². The summed E-state index contributed by atoms with van der Waals surface area (Å²) in [6.45, 7) is 15.9. The van der Waals surface area contributed by atoms with Crippen LogP contribution in [0.3, 0.4) is 0 Å². The summed E-state index contributed by atoms with van der Waals surface area (Å²) in [6, 6.07) is 0. The lowest BCUT2D eigenvalue weighted by Crippen LogP contribution is -2.31. The van der Waals surface area contributed by atoms with Crippen molar-refractivity contribution in [1.82, 2.24) is 4.90 Å². The molecule has 0 fully saturated rings. The van der Waals surface area contributed by atoms with Gasteiger partial charge in [-0.05, 0) is 31.3 Å². The van der Waals surface area contributed by atoms with Gasteiger partial charge in [-0.2, -0.15) is 0 Å². The molecule has 4 nitrogen and oxygen atoms in total. The molecule has 0 saturated heterocycles. The number of rotatable bonds is 11. The molecule has 5 heteroatoms. The summed E-state index contributed by atoms with van der Waals surface area (Å²) in [4.78, 5) is 14.3. The van der Waals surface area contributed by atoms with Crippen LogP contribution in [0.15, 0.2) is 4.79 Å². The minimum atomic E-state index is -0.0883. The Morgan fingerprint density at radius 1 is 1.09 bits per heavy atom. The standard InChI is InChI=1S/C18H32N2O2S/c1-6-9-20(10-7-2)11-13-22-12-8-19-15-14(18(3,4)5)17(23)16(15)21/h19H,6-13H2,1-5H3. The lowest BCUT2D eigenvalue weighted by atomic mass is 9.83. The van der Waals surface area contributed by atoms with Crippen molar-refractivity contribution in [3.05, 3.63) is 20.3 Å².